The van der Waals surface area contributed by atoms with Gasteiger partial charge in [-0.15, -0.1) is 0 Å². The van der Waals surface area contributed by atoms with E-state index >= 15 is 0 Å². The van der Waals surface area contributed by atoms with Crippen LogP contribution >= 0.6 is 0 Å². The molecule has 2 aromatic heterocycles. The Labute approximate surface area is 237 Å². The van der Waals surface area contributed by atoms with E-state index in [2.05, 4.69) is 31.6 Å². The van der Waals surface area contributed by atoms with Gasteiger partial charge in [-0.25, -0.2) is 4.98 Å². The Balaban J connectivity index is 0.873. The first kappa shape index (κ1) is 25.4. The van der Waals surface area contributed by atoms with Crippen LogP contribution < -0.4 is 10.6 Å². The highest BCUT2D eigenvalue weighted by Gasteiger charge is 2.39. The SMILES string of the molecule is O=C1CCC(N2Cc3ccc(NCCCC4CC(n5cc(-c6cnc7ccccc7n6)cn5)C4)cc3C2=O)C(=O)N1. The molecule has 3 amide bonds. The number of hydrogen-bond donors (Lipinski definition) is 2. The summed E-state index contributed by atoms with van der Waals surface area (Å²) in [7, 11) is 0. The van der Waals surface area contributed by atoms with Crippen LogP contribution in [0.3, 0.4) is 0 Å². The van der Waals surface area contributed by atoms with Gasteiger partial charge in [-0.3, -0.25) is 29.4 Å². The molecule has 1 atom stereocenters. The number of fused-ring (bicyclic) bond motifs is 2. The topological polar surface area (TPSA) is 122 Å². The third-order valence-corrected chi connectivity index (χ3v) is 8.58. The number of para-hydroxylation sites is 2. The molecule has 1 unspecified atom stereocenters. The molecule has 2 N–H and O–H groups in total. The zero-order valence-electron chi connectivity index (χ0n) is 22.6. The molecule has 1 aliphatic carbocycles. The van der Waals surface area contributed by atoms with Gasteiger partial charge in [0.1, 0.15) is 6.04 Å². The summed E-state index contributed by atoms with van der Waals surface area (Å²) >= 11 is 0. The Morgan fingerprint density at radius 1 is 1.02 bits per heavy atom. The third-order valence-electron chi connectivity index (χ3n) is 8.58. The highest BCUT2D eigenvalue weighted by molar-refractivity contribution is 6.05. The molecule has 7 rings (SSSR count). The molecule has 1 saturated heterocycles. The number of nitrogens with zero attached hydrogens (tertiary/aromatic N) is 5. The van der Waals surface area contributed by atoms with Gasteiger partial charge in [-0.2, -0.15) is 5.10 Å². The first-order valence-corrected chi connectivity index (χ1v) is 14.3. The maximum absolute atomic E-state index is 13.0. The van der Waals surface area contributed by atoms with Gasteiger partial charge in [0.25, 0.3) is 5.91 Å². The molecule has 4 heterocycles. The van der Waals surface area contributed by atoms with Gasteiger partial charge in [0.05, 0.1) is 35.2 Å². The number of benzene rings is 2. The van der Waals surface area contributed by atoms with Crippen LogP contribution in [0.2, 0.25) is 0 Å². The molecule has 208 valence electrons. The number of amides is 3. The summed E-state index contributed by atoms with van der Waals surface area (Å²) in [5.41, 5.74) is 6.07. The Morgan fingerprint density at radius 3 is 2.73 bits per heavy atom. The summed E-state index contributed by atoms with van der Waals surface area (Å²) in [6.45, 7) is 1.23. The van der Waals surface area contributed by atoms with Crippen molar-refractivity contribution in [2.75, 3.05) is 11.9 Å². The molecule has 2 aliphatic heterocycles. The number of hydrogen-bond acceptors (Lipinski definition) is 7. The van der Waals surface area contributed by atoms with Crippen LogP contribution in [0.25, 0.3) is 22.3 Å². The lowest BCUT2D eigenvalue weighted by Crippen LogP contribution is -2.52. The van der Waals surface area contributed by atoms with E-state index in [0.29, 0.717) is 30.5 Å². The number of rotatable bonds is 8. The van der Waals surface area contributed by atoms with E-state index in [9.17, 15) is 14.4 Å². The number of aromatic nitrogens is 4. The normalized spacial score (nSPS) is 22.0. The molecular formula is C31H31N7O3. The second kappa shape index (κ2) is 10.4. The first-order chi connectivity index (χ1) is 20.0. The lowest BCUT2D eigenvalue weighted by atomic mass is 9.77. The quantitative estimate of drug-likeness (QED) is 0.251. The van der Waals surface area contributed by atoms with Crippen molar-refractivity contribution >= 4 is 34.4 Å². The standard InChI is InChI=1S/C31H31N7O3/c39-29-10-9-28(30(40)36-29)37-17-20-7-8-22(14-24(20)31(37)41)32-11-3-4-19-12-23(13-19)38-18-21(15-34-38)27-16-33-25-5-1-2-6-26(25)35-27/h1-2,5-8,14-16,18-19,23,28,32H,3-4,9-13,17H2,(H,36,39,40). The van der Waals surface area contributed by atoms with Crippen molar-refractivity contribution in [2.45, 2.75) is 57.2 Å². The van der Waals surface area contributed by atoms with E-state index in [1.54, 1.807) is 4.90 Å². The van der Waals surface area contributed by atoms with Crippen molar-refractivity contribution in [3.63, 3.8) is 0 Å². The zero-order chi connectivity index (χ0) is 27.9. The molecule has 10 nitrogen and oxygen atoms in total. The summed E-state index contributed by atoms with van der Waals surface area (Å²) < 4.78 is 2.07. The predicted octanol–water partition coefficient (Wildman–Crippen LogP) is 4.10. The van der Waals surface area contributed by atoms with Crippen LogP contribution in [0, 0.1) is 5.92 Å². The van der Waals surface area contributed by atoms with E-state index in [1.165, 1.54) is 0 Å². The fourth-order valence-electron chi connectivity index (χ4n) is 6.21. The minimum absolute atomic E-state index is 0.145. The van der Waals surface area contributed by atoms with Crippen LogP contribution in [-0.4, -0.2) is 55.0 Å². The average Bonchev–Trinajstić information content (AvgIpc) is 3.57. The van der Waals surface area contributed by atoms with Crippen molar-refractivity contribution in [1.29, 1.82) is 0 Å². The van der Waals surface area contributed by atoms with E-state index in [-0.39, 0.29) is 24.1 Å². The number of anilines is 1. The van der Waals surface area contributed by atoms with Gasteiger partial charge >= 0.3 is 0 Å². The molecule has 2 aromatic carbocycles. The zero-order valence-corrected chi connectivity index (χ0v) is 22.6. The fraction of sp³-hybridized carbons (Fsp3) is 0.355. The van der Waals surface area contributed by atoms with Crippen molar-refractivity contribution in [3.05, 3.63) is 72.2 Å². The largest absolute Gasteiger partial charge is 0.385 e. The summed E-state index contributed by atoms with van der Waals surface area (Å²) in [4.78, 5) is 47.6. The maximum atomic E-state index is 13.0. The summed E-state index contributed by atoms with van der Waals surface area (Å²) in [6.07, 6.45) is 10.8. The minimum atomic E-state index is -0.587. The number of nitrogens with one attached hydrogen (secondary N) is 2. The van der Waals surface area contributed by atoms with Crippen molar-refractivity contribution < 1.29 is 14.4 Å². The molecular weight excluding hydrogens is 518 g/mol. The van der Waals surface area contributed by atoms with Crippen LogP contribution in [0.1, 0.15) is 60.5 Å². The molecule has 1 saturated carbocycles. The van der Waals surface area contributed by atoms with E-state index in [1.807, 2.05) is 54.9 Å². The summed E-state index contributed by atoms with van der Waals surface area (Å²) in [5.74, 6) is -0.125. The van der Waals surface area contributed by atoms with Crippen LogP contribution in [0.15, 0.2) is 61.1 Å². The molecule has 0 spiro atoms. The molecule has 0 bridgehead atoms. The van der Waals surface area contributed by atoms with E-state index < -0.39 is 6.04 Å². The summed E-state index contributed by atoms with van der Waals surface area (Å²) in [6, 6.07) is 13.6. The first-order valence-electron chi connectivity index (χ1n) is 14.3. The van der Waals surface area contributed by atoms with Gasteiger partial charge in [0.2, 0.25) is 11.8 Å². The van der Waals surface area contributed by atoms with Crippen LogP contribution in [0.4, 0.5) is 5.69 Å². The Morgan fingerprint density at radius 2 is 1.88 bits per heavy atom. The maximum Gasteiger partial charge on any atom is 0.255 e. The minimum Gasteiger partial charge on any atom is -0.385 e. The number of carbonyl (C=O) groups excluding carboxylic acids is 3. The van der Waals surface area contributed by atoms with E-state index in [4.69, 9.17) is 4.98 Å². The Bertz CT molecular complexity index is 1660. The lowest BCUT2D eigenvalue weighted by molar-refractivity contribution is -0.136. The second-order valence-corrected chi connectivity index (χ2v) is 11.3. The Hall–Kier alpha value is -4.60. The lowest BCUT2D eigenvalue weighted by Gasteiger charge is -2.35. The van der Waals surface area contributed by atoms with Crippen molar-refractivity contribution in [2.24, 2.45) is 5.92 Å². The molecule has 3 aliphatic rings. The highest BCUT2D eigenvalue weighted by atomic mass is 16.2. The van der Waals surface area contributed by atoms with Gasteiger partial charge in [-0.1, -0.05) is 18.2 Å². The van der Waals surface area contributed by atoms with Gasteiger partial charge < -0.3 is 10.2 Å². The van der Waals surface area contributed by atoms with Crippen LogP contribution in [0.5, 0.6) is 0 Å². The number of piperidine rings is 1. The van der Waals surface area contributed by atoms with Crippen molar-refractivity contribution in [1.82, 2.24) is 30.0 Å². The van der Waals surface area contributed by atoms with E-state index in [0.717, 1.165) is 65.8 Å². The van der Waals surface area contributed by atoms with Gasteiger partial charge in [-0.05, 0) is 67.9 Å². The monoisotopic (exact) mass is 549 g/mol. The number of imide groups is 1. The summed E-state index contributed by atoms with van der Waals surface area (Å²) in [5, 5.41) is 10.4. The predicted molar refractivity (Wildman–Crippen MR) is 153 cm³/mol. The molecule has 41 heavy (non-hydrogen) atoms. The van der Waals surface area contributed by atoms with Gasteiger partial charge in [0.15, 0.2) is 0 Å². The third kappa shape index (κ3) is 4.94. The van der Waals surface area contributed by atoms with Gasteiger partial charge in [0, 0.05) is 42.5 Å². The highest BCUT2D eigenvalue weighted by Crippen LogP contribution is 2.40. The number of carbonyl (C=O) groups is 3. The van der Waals surface area contributed by atoms with Crippen LogP contribution in [-0.2, 0) is 16.1 Å². The smallest absolute Gasteiger partial charge is 0.255 e. The Kier molecular flexibility index (Phi) is 6.45. The van der Waals surface area contributed by atoms with Crippen molar-refractivity contribution in [3.8, 4) is 11.3 Å². The molecule has 0 radical (unpaired) electrons. The molecule has 4 aromatic rings. The second-order valence-electron chi connectivity index (χ2n) is 11.3. The molecule has 10 heteroatoms. The molecule has 2 fully saturated rings. The average molecular weight is 550 g/mol. The fourth-order valence-corrected chi connectivity index (χ4v) is 6.21.